The summed E-state index contributed by atoms with van der Waals surface area (Å²) in [5.74, 6) is 1.87. The summed E-state index contributed by atoms with van der Waals surface area (Å²) in [5.41, 5.74) is 0. The van der Waals surface area contributed by atoms with Crippen LogP contribution in [0.4, 0.5) is 5.82 Å². The average Bonchev–Trinajstić information content (AvgIpc) is 3.00. The van der Waals surface area contributed by atoms with Gasteiger partial charge in [0.15, 0.2) is 16.4 Å². The van der Waals surface area contributed by atoms with Crippen LogP contribution in [0.25, 0.3) is 0 Å². The van der Waals surface area contributed by atoms with E-state index >= 15 is 0 Å². The zero-order chi connectivity index (χ0) is 19.4. The maximum atomic E-state index is 13.0. The molecule has 0 saturated carbocycles. The number of aromatic amines is 1. The Hall–Kier alpha value is -1.67. The number of aromatic nitrogens is 1. The van der Waals surface area contributed by atoms with Crippen LogP contribution in [0, 0.1) is 5.92 Å². The molecule has 8 heteroatoms. The lowest BCUT2D eigenvalue weighted by Gasteiger charge is -2.33. The van der Waals surface area contributed by atoms with Crippen molar-refractivity contribution in [3.05, 3.63) is 24.4 Å². The van der Waals surface area contributed by atoms with Crippen LogP contribution >= 0.6 is 0 Å². The predicted octanol–water partition coefficient (Wildman–Crippen LogP) is -1.12. The molecule has 2 aliphatic heterocycles. The van der Waals surface area contributed by atoms with Crippen LogP contribution in [-0.2, 0) is 14.6 Å². The molecule has 3 rings (SSSR count). The van der Waals surface area contributed by atoms with Crippen LogP contribution in [-0.4, -0.2) is 76.0 Å². The summed E-state index contributed by atoms with van der Waals surface area (Å²) in [7, 11) is -2.99. The van der Waals surface area contributed by atoms with Crippen molar-refractivity contribution in [3.8, 4) is 0 Å². The Morgan fingerprint density at radius 1 is 1.33 bits per heavy atom. The second-order valence-corrected chi connectivity index (χ2v) is 10.4. The highest BCUT2D eigenvalue weighted by atomic mass is 32.2. The Balaban J connectivity index is 1.56. The predicted molar refractivity (Wildman–Crippen MR) is 104 cm³/mol. The van der Waals surface area contributed by atoms with E-state index in [4.69, 9.17) is 0 Å². The summed E-state index contributed by atoms with van der Waals surface area (Å²) < 4.78 is 23.7. The smallest absolute Gasteiger partial charge is 0.278 e. The largest absolute Gasteiger partial charge is 0.334 e. The molecule has 150 valence electrons. The highest BCUT2D eigenvalue weighted by Crippen LogP contribution is 2.19. The molecule has 1 atom stereocenters. The number of anilines is 1. The fraction of sp³-hybridized carbons (Fsp3) is 0.684. The minimum absolute atomic E-state index is 0.0977. The molecule has 1 aromatic rings. The van der Waals surface area contributed by atoms with Crippen molar-refractivity contribution in [1.82, 2.24) is 4.90 Å². The maximum Gasteiger partial charge on any atom is 0.278 e. The van der Waals surface area contributed by atoms with Crippen molar-refractivity contribution >= 4 is 21.6 Å². The molecule has 1 aromatic heterocycles. The zero-order valence-electron chi connectivity index (χ0n) is 16.4. The summed E-state index contributed by atoms with van der Waals surface area (Å²) in [6.07, 6.45) is 2.51. The van der Waals surface area contributed by atoms with Crippen LogP contribution in [0.2, 0.25) is 0 Å². The van der Waals surface area contributed by atoms with Gasteiger partial charge in [0.2, 0.25) is 0 Å². The van der Waals surface area contributed by atoms with E-state index < -0.39 is 9.84 Å². The quantitative estimate of drug-likeness (QED) is 0.661. The third-order valence-corrected chi connectivity index (χ3v) is 7.19. The number of hydrogen-bond acceptors (Lipinski definition) is 4. The van der Waals surface area contributed by atoms with E-state index in [1.54, 1.807) is 0 Å². The Labute approximate surface area is 162 Å². The van der Waals surface area contributed by atoms with Crippen LogP contribution in [0.3, 0.4) is 0 Å². The second kappa shape index (κ2) is 8.56. The number of piperazine rings is 1. The van der Waals surface area contributed by atoms with Gasteiger partial charge in [-0.1, -0.05) is 19.9 Å². The Bertz CT molecular complexity index is 731. The first-order chi connectivity index (χ1) is 12.8. The number of nitrogens with zero attached hydrogens (tertiary/aromatic N) is 2. The van der Waals surface area contributed by atoms with Crippen LogP contribution < -0.4 is 14.8 Å². The molecular formula is C19H32N4O3S+2. The van der Waals surface area contributed by atoms with E-state index in [0.29, 0.717) is 25.4 Å². The molecule has 2 saturated heterocycles. The van der Waals surface area contributed by atoms with E-state index in [2.05, 4.69) is 29.8 Å². The third-order valence-electron chi connectivity index (χ3n) is 5.44. The summed E-state index contributed by atoms with van der Waals surface area (Å²) in [6.45, 7) is 8.88. The number of carbonyl (C=O) groups excluding carboxylic acids is 1. The van der Waals surface area contributed by atoms with Gasteiger partial charge < -0.3 is 9.80 Å². The minimum Gasteiger partial charge on any atom is -0.334 e. The number of quaternary nitrogens is 1. The van der Waals surface area contributed by atoms with Gasteiger partial charge >= 0.3 is 0 Å². The first-order valence-electron chi connectivity index (χ1n) is 9.89. The van der Waals surface area contributed by atoms with Crippen LogP contribution in [0.1, 0.15) is 20.3 Å². The average molecular weight is 397 g/mol. The number of hydrogen-bond donors (Lipinski definition) is 1. The highest BCUT2D eigenvalue weighted by Gasteiger charge is 2.36. The summed E-state index contributed by atoms with van der Waals surface area (Å²) in [4.78, 5) is 21.7. The molecule has 0 bridgehead atoms. The lowest BCUT2D eigenvalue weighted by Crippen LogP contribution is -3.16. The molecule has 2 fully saturated rings. The lowest BCUT2D eigenvalue weighted by atomic mass is 10.1. The lowest BCUT2D eigenvalue weighted by molar-refractivity contribution is -0.892. The molecule has 0 aliphatic carbocycles. The number of rotatable bonds is 6. The number of H-pyrrole nitrogens is 1. The van der Waals surface area contributed by atoms with Crippen molar-refractivity contribution in [3.63, 3.8) is 0 Å². The zero-order valence-corrected chi connectivity index (χ0v) is 17.2. The van der Waals surface area contributed by atoms with Crippen molar-refractivity contribution in [2.45, 2.75) is 26.3 Å². The first-order valence-corrected chi connectivity index (χ1v) is 11.7. The molecule has 7 nitrogen and oxygen atoms in total. The molecule has 0 aromatic carbocycles. The van der Waals surface area contributed by atoms with Crippen molar-refractivity contribution in [2.75, 3.05) is 55.7 Å². The molecule has 27 heavy (non-hydrogen) atoms. The van der Waals surface area contributed by atoms with Gasteiger partial charge in [0.05, 0.1) is 17.7 Å². The Morgan fingerprint density at radius 3 is 2.63 bits per heavy atom. The monoisotopic (exact) mass is 396 g/mol. The SMILES string of the molecule is CC(C)CN(C(=O)C[NH+]1CCN(c2cccc[nH+]2)CC1)[C@@H]1CCS(=O)(=O)C1. The number of nitrogens with one attached hydrogen (secondary N) is 2. The Morgan fingerprint density at radius 2 is 2.07 bits per heavy atom. The molecule has 2 N–H and O–H groups in total. The van der Waals surface area contributed by atoms with E-state index in [9.17, 15) is 13.2 Å². The molecule has 1 amide bonds. The van der Waals surface area contributed by atoms with Gasteiger partial charge in [0, 0.05) is 18.7 Å². The fourth-order valence-electron chi connectivity index (χ4n) is 4.01. The first kappa shape index (κ1) is 20.1. The standard InChI is InChI=1S/C19H30N4O3S/c1-16(2)13-23(17-6-12-27(25,26)15-17)19(24)14-21-8-10-22(11-9-21)18-5-3-4-7-20-18/h3-5,7,16-17H,6,8-15H2,1-2H3/p+2/t17-/m1/s1. The van der Waals surface area contributed by atoms with Crippen LogP contribution in [0.5, 0.6) is 0 Å². The number of carbonyl (C=O) groups is 1. The van der Waals surface area contributed by atoms with Gasteiger partial charge in [-0.2, -0.15) is 0 Å². The van der Waals surface area contributed by atoms with Crippen molar-refractivity contribution in [2.24, 2.45) is 5.92 Å². The third kappa shape index (κ3) is 5.42. The van der Waals surface area contributed by atoms with Gasteiger partial charge in [0.1, 0.15) is 26.2 Å². The molecular weight excluding hydrogens is 364 g/mol. The van der Waals surface area contributed by atoms with Crippen molar-refractivity contribution in [1.29, 1.82) is 0 Å². The summed E-state index contributed by atoms with van der Waals surface area (Å²) in [5, 5.41) is 0. The minimum atomic E-state index is -2.99. The summed E-state index contributed by atoms with van der Waals surface area (Å²) in [6, 6.07) is 5.91. The fourth-order valence-corrected chi connectivity index (χ4v) is 5.74. The van der Waals surface area contributed by atoms with E-state index in [0.717, 1.165) is 32.0 Å². The van der Waals surface area contributed by atoms with Crippen molar-refractivity contribution < 1.29 is 23.1 Å². The number of amides is 1. The topological polar surface area (TPSA) is 76.3 Å². The van der Waals surface area contributed by atoms with Gasteiger partial charge in [-0.25, -0.2) is 13.4 Å². The number of pyridine rings is 1. The van der Waals surface area contributed by atoms with Gasteiger partial charge in [-0.05, 0) is 18.4 Å². The molecule has 0 unspecified atom stereocenters. The van der Waals surface area contributed by atoms with Gasteiger partial charge in [-0.15, -0.1) is 0 Å². The molecule has 3 heterocycles. The van der Waals surface area contributed by atoms with E-state index in [-0.39, 0.29) is 23.5 Å². The highest BCUT2D eigenvalue weighted by molar-refractivity contribution is 7.91. The second-order valence-electron chi connectivity index (χ2n) is 8.16. The molecule has 2 aliphatic rings. The Kier molecular flexibility index (Phi) is 6.37. The van der Waals surface area contributed by atoms with E-state index in [1.807, 2.05) is 23.2 Å². The number of sulfone groups is 1. The van der Waals surface area contributed by atoms with Gasteiger partial charge in [-0.3, -0.25) is 9.69 Å². The molecule has 0 spiro atoms. The van der Waals surface area contributed by atoms with Gasteiger partial charge in [0.25, 0.3) is 11.7 Å². The van der Waals surface area contributed by atoms with Crippen LogP contribution in [0.15, 0.2) is 24.4 Å². The van der Waals surface area contributed by atoms with E-state index in [1.165, 1.54) is 4.90 Å². The summed E-state index contributed by atoms with van der Waals surface area (Å²) >= 11 is 0. The maximum absolute atomic E-state index is 13.0. The molecule has 0 radical (unpaired) electrons. The normalized spacial score (nSPS) is 22.9.